The summed E-state index contributed by atoms with van der Waals surface area (Å²) >= 11 is 0. The second-order valence-electron chi connectivity index (χ2n) is 4.00. The van der Waals surface area contributed by atoms with Gasteiger partial charge in [-0.1, -0.05) is 19.4 Å². The third kappa shape index (κ3) is 8.29. The molecule has 0 aliphatic heterocycles. The van der Waals surface area contributed by atoms with Gasteiger partial charge in [-0.3, -0.25) is 0 Å². The summed E-state index contributed by atoms with van der Waals surface area (Å²) in [5.74, 6) is 0. The molecule has 0 atom stereocenters. The van der Waals surface area contributed by atoms with Crippen LogP contribution < -0.4 is 10.6 Å². The van der Waals surface area contributed by atoms with Gasteiger partial charge in [0.15, 0.2) is 0 Å². The van der Waals surface area contributed by atoms with E-state index in [1.165, 1.54) is 0 Å². The standard InChI is InChI=1S/C12H25N3O/c1-5-15(6-2)9-7-8-13-12(16)14-10-11(3)4/h10H,5-9H2,1-4H3,(H2,13,14,16). The lowest BCUT2D eigenvalue weighted by atomic mass is 10.3. The molecule has 2 amide bonds. The normalized spacial score (nSPS) is 10.1. The average molecular weight is 227 g/mol. The number of allylic oxidation sites excluding steroid dienone is 1. The second-order valence-corrected chi connectivity index (χ2v) is 4.00. The van der Waals surface area contributed by atoms with E-state index < -0.39 is 0 Å². The molecule has 0 aromatic carbocycles. The molecular formula is C12H25N3O. The Morgan fingerprint density at radius 2 is 1.88 bits per heavy atom. The number of nitrogens with one attached hydrogen (secondary N) is 2. The lowest BCUT2D eigenvalue weighted by molar-refractivity contribution is 0.242. The van der Waals surface area contributed by atoms with Crippen molar-refractivity contribution in [2.75, 3.05) is 26.2 Å². The number of nitrogens with zero attached hydrogens (tertiary/aromatic N) is 1. The number of carbonyl (C=O) groups excluding carboxylic acids is 1. The van der Waals surface area contributed by atoms with E-state index in [1.807, 2.05) is 13.8 Å². The predicted molar refractivity (Wildman–Crippen MR) is 68.4 cm³/mol. The molecule has 0 aromatic rings. The lowest BCUT2D eigenvalue weighted by Crippen LogP contribution is -2.34. The Kier molecular flexibility index (Phi) is 8.62. The van der Waals surface area contributed by atoms with Crippen molar-refractivity contribution in [2.24, 2.45) is 0 Å². The number of urea groups is 1. The molecule has 2 N–H and O–H groups in total. The summed E-state index contributed by atoms with van der Waals surface area (Å²) in [6.45, 7) is 12.1. The molecule has 4 heteroatoms. The minimum Gasteiger partial charge on any atom is -0.338 e. The number of hydrogen-bond acceptors (Lipinski definition) is 2. The van der Waals surface area contributed by atoms with Crippen molar-refractivity contribution < 1.29 is 4.79 Å². The molecule has 4 nitrogen and oxygen atoms in total. The van der Waals surface area contributed by atoms with E-state index in [2.05, 4.69) is 29.4 Å². The van der Waals surface area contributed by atoms with E-state index in [1.54, 1.807) is 6.20 Å². The SMILES string of the molecule is CCN(CC)CCCNC(=O)NC=C(C)C. The zero-order valence-corrected chi connectivity index (χ0v) is 11.0. The third-order valence-corrected chi connectivity index (χ3v) is 2.32. The van der Waals surface area contributed by atoms with Gasteiger partial charge in [0.2, 0.25) is 0 Å². The third-order valence-electron chi connectivity index (χ3n) is 2.32. The summed E-state index contributed by atoms with van der Waals surface area (Å²) in [6, 6.07) is -0.124. The van der Waals surface area contributed by atoms with Gasteiger partial charge in [-0.2, -0.15) is 0 Å². The van der Waals surface area contributed by atoms with E-state index >= 15 is 0 Å². The van der Waals surface area contributed by atoms with Gasteiger partial charge < -0.3 is 15.5 Å². The molecule has 0 spiro atoms. The first-order valence-electron chi connectivity index (χ1n) is 6.00. The van der Waals surface area contributed by atoms with Crippen molar-refractivity contribution in [3.8, 4) is 0 Å². The van der Waals surface area contributed by atoms with Crippen LogP contribution in [0.2, 0.25) is 0 Å². The fourth-order valence-electron chi connectivity index (χ4n) is 1.31. The highest BCUT2D eigenvalue weighted by molar-refractivity contribution is 5.74. The Bertz CT molecular complexity index is 218. The molecule has 0 bridgehead atoms. The molecule has 0 rings (SSSR count). The quantitative estimate of drug-likeness (QED) is 0.653. The summed E-state index contributed by atoms with van der Waals surface area (Å²) in [7, 11) is 0. The number of rotatable bonds is 7. The minimum absolute atomic E-state index is 0.124. The zero-order valence-electron chi connectivity index (χ0n) is 11.0. The summed E-state index contributed by atoms with van der Waals surface area (Å²) < 4.78 is 0. The topological polar surface area (TPSA) is 44.4 Å². The summed E-state index contributed by atoms with van der Waals surface area (Å²) in [5, 5.41) is 5.49. The average Bonchev–Trinajstić information content (AvgIpc) is 2.26. The van der Waals surface area contributed by atoms with Crippen molar-refractivity contribution in [2.45, 2.75) is 34.1 Å². The molecule has 94 valence electrons. The molecule has 0 aromatic heterocycles. The highest BCUT2D eigenvalue weighted by Crippen LogP contribution is 1.89. The maximum absolute atomic E-state index is 11.3. The fraction of sp³-hybridized carbons (Fsp3) is 0.750. The molecule has 0 unspecified atom stereocenters. The molecule has 0 fully saturated rings. The summed E-state index contributed by atoms with van der Waals surface area (Å²) in [6.07, 6.45) is 2.70. The maximum Gasteiger partial charge on any atom is 0.318 e. The van der Waals surface area contributed by atoms with Crippen LogP contribution in [0, 0.1) is 0 Å². The molecule has 0 aliphatic rings. The van der Waals surface area contributed by atoms with Crippen LogP contribution in [0.25, 0.3) is 0 Å². The Balaban J connectivity index is 3.51. The fourth-order valence-corrected chi connectivity index (χ4v) is 1.31. The smallest absolute Gasteiger partial charge is 0.318 e. The van der Waals surface area contributed by atoms with Crippen molar-refractivity contribution >= 4 is 6.03 Å². The monoisotopic (exact) mass is 227 g/mol. The van der Waals surface area contributed by atoms with Crippen LogP contribution in [-0.2, 0) is 0 Å². The largest absolute Gasteiger partial charge is 0.338 e. The maximum atomic E-state index is 11.3. The Hall–Kier alpha value is -1.03. The van der Waals surface area contributed by atoms with Gasteiger partial charge in [0.25, 0.3) is 0 Å². The van der Waals surface area contributed by atoms with Gasteiger partial charge >= 0.3 is 6.03 Å². The molecule has 16 heavy (non-hydrogen) atoms. The highest BCUT2D eigenvalue weighted by atomic mass is 16.2. The van der Waals surface area contributed by atoms with Crippen LogP contribution in [0.4, 0.5) is 4.79 Å². The molecule has 0 radical (unpaired) electrons. The Morgan fingerprint density at radius 1 is 1.25 bits per heavy atom. The first-order chi connectivity index (χ1) is 7.60. The van der Waals surface area contributed by atoms with Gasteiger partial charge in [-0.25, -0.2) is 4.79 Å². The van der Waals surface area contributed by atoms with Crippen LogP contribution in [0.15, 0.2) is 11.8 Å². The van der Waals surface area contributed by atoms with Crippen molar-refractivity contribution in [1.82, 2.24) is 15.5 Å². The van der Waals surface area contributed by atoms with E-state index in [4.69, 9.17) is 0 Å². The highest BCUT2D eigenvalue weighted by Gasteiger charge is 1.99. The van der Waals surface area contributed by atoms with Crippen molar-refractivity contribution in [3.05, 3.63) is 11.8 Å². The van der Waals surface area contributed by atoms with Gasteiger partial charge in [-0.05, 0) is 39.9 Å². The van der Waals surface area contributed by atoms with Gasteiger partial charge in [0.05, 0.1) is 0 Å². The molecular weight excluding hydrogens is 202 g/mol. The molecule has 0 aliphatic carbocycles. The summed E-state index contributed by atoms with van der Waals surface area (Å²) in [5.41, 5.74) is 1.08. The first-order valence-corrected chi connectivity index (χ1v) is 6.00. The molecule has 0 saturated carbocycles. The van der Waals surface area contributed by atoms with Crippen LogP contribution in [-0.4, -0.2) is 37.1 Å². The minimum atomic E-state index is -0.124. The zero-order chi connectivity index (χ0) is 12.4. The predicted octanol–water partition coefficient (Wildman–Crippen LogP) is 1.94. The lowest BCUT2D eigenvalue weighted by Gasteiger charge is -2.17. The van der Waals surface area contributed by atoms with E-state index in [-0.39, 0.29) is 6.03 Å². The van der Waals surface area contributed by atoms with Crippen molar-refractivity contribution in [1.29, 1.82) is 0 Å². The van der Waals surface area contributed by atoms with Crippen LogP contribution in [0.3, 0.4) is 0 Å². The van der Waals surface area contributed by atoms with Crippen LogP contribution in [0.1, 0.15) is 34.1 Å². The van der Waals surface area contributed by atoms with E-state index in [0.29, 0.717) is 0 Å². The van der Waals surface area contributed by atoms with E-state index in [9.17, 15) is 4.79 Å². The van der Waals surface area contributed by atoms with Crippen LogP contribution >= 0.6 is 0 Å². The molecule has 0 heterocycles. The Labute approximate surface area is 99.1 Å². The van der Waals surface area contributed by atoms with Crippen LogP contribution in [0.5, 0.6) is 0 Å². The second kappa shape index (κ2) is 9.21. The van der Waals surface area contributed by atoms with Gasteiger partial charge in [0, 0.05) is 12.7 Å². The molecule has 0 saturated heterocycles. The van der Waals surface area contributed by atoms with E-state index in [0.717, 1.165) is 38.2 Å². The van der Waals surface area contributed by atoms with Crippen molar-refractivity contribution in [3.63, 3.8) is 0 Å². The number of hydrogen-bond donors (Lipinski definition) is 2. The van der Waals surface area contributed by atoms with Gasteiger partial charge in [0.1, 0.15) is 0 Å². The Morgan fingerprint density at radius 3 is 2.38 bits per heavy atom. The summed E-state index contributed by atoms with van der Waals surface area (Å²) in [4.78, 5) is 13.6. The van der Waals surface area contributed by atoms with Gasteiger partial charge in [-0.15, -0.1) is 0 Å². The number of carbonyl (C=O) groups is 1. The number of amides is 2. The first kappa shape index (κ1) is 15.0.